The fourth-order valence-corrected chi connectivity index (χ4v) is 1.73. The molecular weight excluding hydrogens is 294 g/mol. The highest BCUT2D eigenvalue weighted by Crippen LogP contribution is 2.35. The number of halogens is 3. The topological polar surface area (TPSA) is 46.5 Å². The van der Waals surface area contributed by atoms with Gasteiger partial charge < -0.3 is 9.84 Å². The lowest BCUT2D eigenvalue weighted by atomic mass is 10.2. The highest BCUT2D eigenvalue weighted by atomic mass is 35.5. The van der Waals surface area contributed by atoms with E-state index in [1.807, 2.05) is 0 Å². The quantitative estimate of drug-likeness (QED) is 0.899. The third kappa shape index (κ3) is 2.97. The molecule has 19 heavy (non-hydrogen) atoms. The first kappa shape index (κ1) is 13.6. The molecule has 1 N–H and O–H groups in total. The molecule has 0 atom stereocenters. The summed E-state index contributed by atoms with van der Waals surface area (Å²) in [7, 11) is 0. The Labute approximate surface area is 118 Å². The number of carbonyl (C=O) groups is 1. The Balaban J connectivity index is 2.34. The van der Waals surface area contributed by atoms with E-state index in [-0.39, 0.29) is 27.1 Å². The van der Waals surface area contributed by atoms with Crippen molar-refractivity contribution in [2.75, 3.05) is 0 Å². The number of hydrogen-bond donors (Lipinski definition) is 1. The largest absolute Gasteiger partial charge is 0.478 e. The zero-order chi connectivity index (χ0) is 14.0. The van der Waals surface area contributed by atoms with Crippen molar-refractivity contribution in [2.45, 2.75) is 0 Å². The Hall–Kier alpha value is -1.78. The number of benzene rings is 2. The molecule has 0 aromatic heterocycles. The fraction of sp³-hybridized carbons (Fsp3) is 0. The van der Waals surface area contributed by atoms with E-state index in [4.69, 9.17) is 33.0 Å². The fourth-order valence-electron chi connectivity index (χ4n) is 1.40. The number of hydrogen-bond acceptors (Lipinski definition) is 2. The van der Waals surface area contributed by atoms with Crippen LogP contribution in [-0.2, 0) is 0 Å². The van der Waals surface area contributed by atoms with E-state index in [1.165, 1.54) is 18.2 Å². The zero-order valence-electron chi connectivity index (χ0n) is 9.36. The molecule has 0 spiro atoms. The first-order chi connectivity index (χ1) is 8.99. The predicted molar refractivity (Wildman–Crippen MR) is 69.9 cm³/mol. The van der Waals surface area contributed by atoms with Crippen molar-refractivity contribution in [3.8, 4) is 11.5 Å². The van der Waals surface area contributed by atoms with E-state index >= 15 is 0 Å². The van der Waals surface area contributed by atoms with Crippen molar-refractivity contribution in [1.29, 1.82) is 0 Å². The molecule has 2 aromatic rings. The maximum Gasteiger partial charge on any atom is 0.335 e. The summed E-state index contributed by atoms with van der Waals surface area (Å²) in [4.78, 5) is 10.7. The average molecular weight is 301 g/mol. The SMILES string of the molecule is O=C(O)c1ccc(Oc2cccc(Cl)c2Cl)c(F)c1. The van der Waals surface area contributed by atoms with Gasteiger partial charge in [-0.15, -0.1) is 0 Å². The van der Waals surface area contributed by atoms with Crippen LogP contribution in [0.1, 0.15) is 10.4 Å². The molecule has 0 heterocycles. The van der Waals surface area contributed by atoms with Crippen LogP contribution in [0.5, 0.6) is 11.5 Å². The molecular formula is C13H7Cl2FO3. The molecule has 0 amide bonds. The summed E-state index contributed by atoms with van der Waals surface area (Å²) in [6, 6.07) is 8.03. The van der Waals surface area contributed by atoms with Crippen LogP contribution in [0.4, 0.5) is 4.39 Å². The summed E-state index contributed by atoms with van der Waals surface area (Å²) in [5, 5.41) is 9.16. The first-order valence-corrected chi connectivity index (χ1v) is 5.89. The van der Waals surface area contributed by atoms with Crippen LogP contribution >= 0.6 is 23.2 Å². The average Bonchev–Trinajstić information content (AvgIpc) is 2.37. The lowest BCUT2D eigenvalue weighted by Gasteiger charge is -2.09. The maximum atomic E-state index is 13.7. The molecule has 0 saturated carbocycles. The third-order valence-corrected chi connectivity index (χ3v) is 3.12. The summed E-state index contributed by atoms with van der Waals surface area (Å²) in [5.74, 6) is -1.95. The zero-order valence-corrected chi connectivity index (χ0v) is 10.9. The minimum atomic E-state index is -1.22. The molecule has 0 aliphatic heterocycles. The van der Waals surface area contributed by atoms with Gasteiger partial charge in [-0.25, -0.2) is 9.18 Å². The van der Waals surface area contributed by atoms with E-state index in [9.17, 15) is 9.18 Å². The van der Waals surface area contributed by atoms with E-state index in [0.717, 1.165) is 6.07 Å². The van der Waals surface area contributed by atoms with Gasteiger partial charge in [-0.3, -0.25) is 0 Å². The lowest BCUT2D eigenvalue weighted by Crippen LogP contribution is -1.98. The third-order valence-electron chi connectivity index (χ3n) is 2.31. The molecule has 98 valence electrons. The summed E-state index contributed by atoms with van der Waals surface area (Å²) >= 11 is 11.7. The number of carboxylic acid groups (broad SMARTS) is 1. The minimum absolute atomic E-state index is 0.130. The van der Waals surface area contributed by atoms with Crippen molar-refractivity contribution >= 4 is 29.2 Å². The Bertz CT molecular complexity index is 644. The van der Waals surface area contributed by atoms with E-state index in [0.29, 0.717) is 0 Å². The van der Waals surface area contributed by atoms with Gasteiger partial charge in [-0.2, -0.15) is 0 Å². The van der Waals surface area contributed by atoms with Crippen molar-refractivity contribution in [2.24, 2.45) is 0 Å². The molecule has 0 aliphatic rings. The molecule has 2 aromatic carbocycles. The molecule has 2 rings (SSSR count). The van der Waals surface area contributed by atoms with Crippen LogP contribution in [-0.4, -0.2) is 11.1 Å². The number of ether oxygens (including phenoxy) is 1. The monoisotopic (exact) mass is 300 g/mol. The Kier molecular flexibility index (Phi) is 3.93. The molecule has 0 bridgehead atoms. The molecule has 0 fully saturated rings. The second-order valence-electron chi connectivity index (χ2n) is 3.60. The molecule has 0 radical (unpaired) electrons. The van der Waals surface area contributed by atoms with Gasteiger partial charge in [0, 0.05) is 0 Å². The smallest absolute Gasteiger partial charge is 0.335 e. The first-order valence-electron chi connectivity index (χ1n) is 5.13. The van der Waals surface area contributed by atoms with Gasteiger partial charge in [-0.05, 0) is 30.3 Å². The van der Waals surface area contributed by atoms with Crippen molar-refractivity contribution in [3.05, 3.63) is 57.8 Å². The second kappa shape index (κ2) is 5.47. The molecule has 0 saturated heterocycles. The van der Waals surface area contributed by atoms with Gasteiger partial charge in [0.15, 0.2) is 11.6 Å². The van der Waals surface area contributed by atoms with Gasteiger partial charge in [0.05, 0.1) is 10.6 Å². The lowest BCUT2D eigenvalue weighted by molar-refractivity contribution is 0.0696. The minimum Gasteiger partial charge on any atom is -0.478 e. The maximum absolute atomic E-state index is 13.7. The van der Waals surface area contributed by atoms with E-state index in [2.05, 4.69) is 0 Å². The molecule has 6 heteroatoms. The summed E-state index contributed by atoms with van der Waals surface area (Å²) < 4.78 is 18.9. The molecule has 0 aliphatic carbocycles. The van der Waals surface area contributed by atoms with Crippen LogP contribution in [0.15, 0.2) is 36.4 Å². The van der Waals surface area contributed by atoms with Crippen LogP contribution in [0.25, 0.3) is 0 Å². The van der Waals surface area contributed by atoms with Crippen LogP contribution in [0, 0.1) is 5.82 Å². The van der Waals surface area contributed by atoms with Crippen LogP contribution in [0.3, 0.4) is 0 Å². The highest BCUT2D eigenvalue weighted by Gasteiger charge is 2.12. The van der Waals surface area contributed by atoms with Crippen molar-refractivity contribution < 1.29 is 19.0 Å². The second-order valence-corrected chi connectivity index (χ2v) is 4.39. The summed E-state index contributed by atoms with van der Waals surface area (Å²) in [6.45, 7) is 0. The van der Waals surface area contributed by atoms with Gasteiger partial charge in [0.2, 0.25) is 0 Å². The number of aromatic carboxylic acids is 1. The van der Waals surface area contributed by atoms with Gasteiger partial charge in [0.1, 0.15) is 10.8 Å². The highest BCUT2D eigenvalue weighted by molar-refractivity contribution is 6.42. The number of carboxylic acids is 1. The van der Waals surface area contributed by atoms with E-state index in [1.54, 1.807) is 12.1 Å². The Morgan fingerprint density at radius 1 is 1.16 bits per heavy atom. The molecule has 0 unspecified atom stereocenters. The number of rotatable bonds is 3. The van der Waals surface area contributed by atoms with Gasteiger partial charge in [0.25, 0.3) is 0 Å². The standard InChI is InChI=1S/C13H7Cl2FO3/c14-8-2-1-3-11(12(8)15)19-10-5-4-7(13(17)18)6-9(10)16/h1-6H,(H,17,18). The Morgan fingerprint density at radius 2 is 1.89 bits per heavy atom. The molecule has 3 nitrogen and oxygen atoms in total. The summed E-state index contributed by atoms with van der Waals surface area (Å²) in [6.07, 6.45) is 0. The normalized spacial score (nSPS) is 10.3. The van der Waals surface area contributed by atoms with Gasteiger partial charge in [-0.1, -0.05) is 29.3 Å². The summed E-state index contributed by atoms with van der Waals surface area (Å²) in [5.41, 5.74) is -0.165. The Morgan fingerprint density at radius 3 is 2.53 bits per heavy atom. The van der Waals surface area contributed by atoms with Crippen molar-refractivity contribution in [1.82, 2.24) is 0 Å². The van der Waals surface area contributed by atoms with Crippen LogP contribution in [0.2, 0.25) is 10.0 Å². The van der Waals surface area contributed by atoms with Gasteiger partial charge >= 0.3 is 5.97 Å². The predicted octanol–water partition coefficient (Wildman–Crippen LogP) is 4.62. The van der Waals surface area contributed by atoms with Crippen molar-refractivity contribution in [3.63, 3.8) is 0 Å². The van der Waals surface area contributed by atoms with Crippen LogP contribution < -0.4 is 4.74 Å². The van der Waals surface area contributed by atoms with E-state index < -0.39 is 11.8 Å².